The Morgan fingerprint density at radius 1 is 0.571 bits per heavy atom. The minimum absolute atomic E-state index is 0.223. The molecule has 1 unspecified atom stereocenters. The Morgan fingerprint density at radius 3 is 1.98 bits per heavy atom. The van der Waals surface area contributed by atoms with Crippen LogP contribution in [0.25, 0.3) is 33.0 Å². The molecule has 0 aromatic heterocycles. The highest BCUT2D eigenvalue weighted by Crippen LogP contribution is 2.32. The second kappa shape index (κ2) is 11.0. The third kappa shape index (κ3) is 4.96. The van der Waals surface area contributed by atoms with Crippen LogP contribution in [0.1, 0.15) is 28.4 Å². The molecule has 0 amide bonds. The summed E-state index contributed by atoms with van der Waals surface area (Å²) >= 11 is 0. The molecule has 198 valence electrons. The van der Waals surface area contributed by atoms with Gasteiger partial charge in [-0.15, -0.1) is 0 Å². The summed E-state index contributed by atoms with van der Waals surface area (Å²) in [6.45, 7) is 0. The van der Waals surface area contributed by atoms with Gasteiger partial charge in [0, 0.05) is 11.1 Å². The molecule has 0 aliphatic carbocycles. The van der Waals surface area contributed by atoms with Gasteiger partial charge < -0.3 is 5.32 Å². The quantitative estimate of drug-likeness (QED) is 0.239. The lowest BCUT2D eigenvalue weighted by Crippen LogP contribution is -2.33. The van der Waals surface area contributed by atoms with Gasteiger partial charge >= 0.3 is 0 Å². The van der Waals surface area contributed by atoms with Crippen LogP contribution in [-0.4, -0.2) is 11.7 Å². The van der Waals surface area contributed by atoms with Crippen molar-refractivity contribution >= 4 is 22.4 Å². The fourth-order valence-electron chi connectivity index (χ4n) is 5.38. The second-order valence-corrected chi connectivity index (χ2v) is 10.2. The van der Waals surface area contributed by atoms with Gasteiger partial charge in [-0.3, -0.25) is 0 Å². The van der Waals surface area contributed by atoms with Gasteiger partial charge in [0.15, 0.2) is 5.84 Å². The van der Waals surface area contributed by atoms with E-state index >= 15 is 0 Å². The van der Waals surface area contributed by atoms with Crippen molar-refractivity contribution in [2.75, 3.05) is 0 Å². The molecule has 0 radical (unpaired) electrons. The molecule has 1 aliphatic heterocycles. The van der Waals surface area contributed by atoms with Gasteiger partial charge in [-0.1, -0.05) is 127 Å². The Kier molecular flexibility index (Phi) is 6.60. The predicted molar refractivity (Wildman–Crippen MR) is 171 cm³/mol. The minimum atomic E-state index is -0.223. The van der Waals surface area contributed by atoms with Crippen molar-refractivity contribution in [2.45, 2.75) is 6.17 Å². The molecule has 6 aromatic rings. The molecular formula is C38H26N4. The Labute approximate surface area is 245 Å². The van der Waals surface area contributed by atoms with Crippen LogP contribution in [0, 0.1) is 11.3 Å². The summed E-state index contributed by atoms with van der Waals surface area (Å²) in [6.07, 6.45) is -0.223. The van der Waals surface area contributed by atoms with Crippen molar-refractivity contribution in [3.63, 3.8) is 0 Å². The number of benzene rings is 6. The number of rotatable bonds is 5. The van der Waals surface area contributed by atoms with Crippen molar-refractivity contribution in [1.82, 2.24) is 5.32 Å². The lowest BCUT2D eigenvalue weighted by atomic mass is 9.94. The molecule has 1 heterocycles. The number of hydrogen-bond acceptors (Lipinski definition) is 4. The lowest BCUT2D eigenvalue weighted by Gasteiger charge is -2.23. The van der Waals surface area contributed by atoms with Crippen molar-refractivity contribution in [3.8, 4) is 28.3 Å². The first-order valence-electron chi connectivity index (χ1n) is 13.9. The summed E-state index contributed by atoms with van der Waals surface area (Å²) in [5, 5.41) is 15.0. The SMILES string of the molecule is N#Cc1ccc(-c2cccc3cc(-c4ccc(C5=NC(c6ccccc6)NC(c6ccccc6)=N5)cc4)ccc23)cc1. The summed E-state index contributed by atoms with van der Waals surface area (Å²) in [5.74, 6) is 1.52. The molecule has 0 spiro atoms. The smallest absolute Gasteiger partial charge is 0.159 e. The van der Waals surface area contributed by atoms with E-state index in [1.54, 1.807) is 0 Å². The maximum atomic E-state index is 9.15. The Hall–Kier alpha value is -5.79. The monoisotopic (exact) mass is 538 g/mol. The van der Waals surface area contributed by atoms with Crippen LogP contribution < -0.4 is 5.32 Å². The van der Waals surface area contributed by atoms with Gasteiger partial charge in [0.05, 0.1) is 11.6 Å². The number of aliphatic imine (C=N–C) groups is 2. The van der Waals surface area contributed by atoms with E-state index in [1.807, 2.05) is 60.7 Å². The fraction of sp³-hybridized carbons (Fsp3) is 0.0263. The van der Waals surface area contributed by atoms with Crippen LogP contribution in [0.5, 0.6) is 0 Å². The molecule has 0 fully saturated rings. The van der Waals surface area contributed by atoms with Gasteiger partial charge in [0.25, 0.3) is 0 Å². The first-order valence-corrected chi connectivity index (χ1v) is 13.9. The van der Waals surface area contributed by atoms with E-state index in [0.29, 0.717) is 11.4 Å². The highest BCUT2D eigenvalue weighted by Gasteiger charge is 2.20. The Morgan fingerprint density at radius 2 is 1.24 bits per heavy atom. The summed E-state index contributed by atoms with van der Waals surface area (Å²) < 4.78 is 0. The van der Waals surface area contributed by atoms with E-state index in [0.717, 1.165) is 44.8 Å². The number of nitrogens with zero attached hydrogens (tertiary/aromatic N) is 3. The topological polar surface area (TPSA) is 60.5 Å². The standard InChI is InChI=1S/C38H26N4/c39-25-26-14-16-28(17-15-26)34-13-7-12-33-24-32(22-23-35(33)34)27-18-20-31(21-19-27)38-41-36(29-8-3-1-4-9-29)40-37(42-38)30-10-5-2-6-11-30/h1-24,36H,(H,40,41,42). The van der Waals surface area contributed by atoms with Gasteiger partial charge in [-0.25, -0.2) is 9.98 Å². The number of nitrogens with one attached hydrogen (secondary N) is 1. The number of nitriles is 1. The van der Waals surface area contributed by atoms with Gasteiger partial charge in [0.1, 0.15) is 12.0 Å². The average Bonchev–Trinajstić information content (AvgIpc) is 3.08. The highest BCUT2D eigenvalue weighted by molar-refractivity contribution is 6.13. The normalized spacial score (nSPS) is 14.4. The van der Waals surface area contributed by atoms with E-state index < -0.39 is 0 Å². The largest absolute Gasteiger partial charge is 0.344 e. The predicted octanol–water partition coefficient (Wildman–Crippen LogP) is 8.54. The molecule has 1 atom stereocenters. The van der Waals surface area contributed by atoms with Crippen LogP contribution in [-0.2, 0) is 0 Å². The zero-order valence-corrected chi connectivity index (χ0v) is 22.8. The molecule has 6 aromatic carbocycles. The van der Waals surface area contributed by atoms with E-state index in [1.165, 1.54) is 10.8 Å². The summed E-state index contributed by atoms with van der Waals surface area (Å²) in [6, 6.07) is 51.8. The molecule has 7 rings (SSSR count). The molecule has 0 saturated heterocycles. The van der Waals surface area contributed by atoms with Crippen molar-refractivity contribution in [1.29, 1.82) is 5.26 Å². The zero-order chi connectivity index (χ0) is 28.3. The van der Waals surface area contributed by atoms with E-state index in [-0.39, 0.29) is 6.17 Å². The average molecular weight is 539 g/mol. The zero-order valence-electron chi connectivity index (χ0n) is 22.8. The molecule has 0 bridgehead atoms. The first-order chi connectivity index (χ1) is 20.7. The van der Waals surface area contributed by atoms with E-state index in [2.05, 4.69) is 96.3 Å². The number of fused-ring (bicyclic) bond motifs is 1. The fourth-order valence-corrected chi connectivity index (χ4v) is 5.38. The molecule has 42 heavy (non-hydrogen) atoms. The van der Waals surface area contributed by atoms with E-state index in [9.17, 15) is 0 Å². The van der Waals surface area contributed by atoms with Crippen molar-refractivity contribution in [2.24, 2.45) is 9.98 Å². The van der Waals surface area contributed by atoms with Crippen LogP contribution in [0.15, 0.2) is 156 Å². The van der Waals surface area contributed by atoms with Crippen LogP contribution >= 0.6 is 0 Å². The third-order valence-electron chi connectivity index (χ3n) is 7.59. The highest BCUT2D eigenvalue weighted by atomic mass is 15.2. The molecular weight excluding hydrogens is 512 g/mol. The van der Waals surface area contributed by atoms with Crippen molar-refractivity contribution < 1.29 is 0 Å². The number of amidine groups is 2. The molecule has 4 nitrogen and oxygen atoms in total. The summed E-state index contributed by atoms with van der Waals surface area (Å²) in [4.78, 5) is 9.92. The van der Waals surface area contributed by atoms with Crippen LogP contribution in [0.4, 0.5) is 0 Å². The molecule has 1 aliphatic rings. The summed E-state index contributed by atoms with van der Waals surface area (Å²) in [5.41, 5.74) is 8.29. The Balaban J connectivity index is 1.22. The van der Waals surface area contributed by atoms with Gasteiger partial charge in [-0.05, 0) is 56.8 Å². The van der Waals surface area contributed by atoms with Crippen molar-refractivity contribution in [3.05, 3.63) is 168 Å². The van der Waals surface area contributed by atoms with E-state index in [4.69, 9.17) is 15.2 Å². The molecule has 1 N–H and O–H groups in total. The van der Waals surface area contributed by atoms with Crippen LogP contribution in [0.2, 0.25) is 0 Å². The maximum absolute atomic E-state index is 9.15. The minimum Gasteiger partial charge on any atom is -0.344 e. The molecule has 0 saturated carbocycles. The first kappa shape index (κ1) is 25.2. The molecule has 4 heteroatoms. The Bertz CT molecular complexity index is 1980. The lowest BCUT2D eigenvalue weighted by molar-refractivity contribution is 0.674. The second-order valence-electron chi connectivity index (χ2n) is 10.2. The third-order valence-corrected chi connectivity index (χ3v) is 7.59. The summed E-state index contributed by atoms with van der Waals surface area (Å²) in [7, 11) is 0. The number of hydrogen-bond donors (Lipinski definition) is 1. The van der Waals surface area contributed by atoms with Gasteiger partial charge in [0.2, 0.25) is 0 Å². The van der Waals surface area contributed by atoms with Crippen LogP contribution in [0.3, 0.4) is 0 Å². The maximum Gasteiger partial charge on any atom is 0.159 e. The van der Waals surface area contributed by atoms with Gasteiger partial charge in [-0.2, -0.15) is 5.26 Å².